The summed E-state index contributed by atoms with van der Waals surface area (Å²) in [5.41, 5.74) is 1.82. The van der Waals surface area contributed by atoms with Gasteiger partial charge in [-0.15, -0.1) is 0 Å². The van der Waals surface area contributed by atoms with Crippen LogP contribution < -0.4 is 10.6 Å². The zero-order chi connectivity index (χ0) is 24.6. The van der Waals surface area contributed by atoms with Gasteiger partial charge in [-0.05, 0) is 69.4 Å². The Hall–Kier alpha value is -3.24. The summed E-state index contributed by atoms with van der Waals surface area (Å²) in [5, 5.41) is 15.1. The van der Waals surface area contributed by atoms with Crippen LogP contribution in [0.25, 0.3) is 0 Å². The number of nitrogens with one attached hydrogen (secondary N) is 4. The summed E-state index contributed by atoms with van der Waals surface area (Å²) in [7, 11) is 0. The number of thiocarbonyl (C=S) groups is 1. The van der Waals surface area contributed by atoms with E-state index in [1.54, 1.807) is 0 Å². The molecule has 34 heavy (non-hydrogen) atoms. The van der Waals surface area contributed by atoms with E-state index in [-0.39, 0.29) is 18.4 Å². The molecule has 0 unspecified atom stereocenters. The van der Waals surface area contributed by atoms with Gasteiger partial charge >= 0.3 is 5.97 Å². The topological polar surface area (TPSA) is 115 Å². The standard InChI is InChI=1S/C24H32N6O3S/c1-24(2,3)22(31)33-14-11-27-23(34)28-18-8-6-17(7-9-18)20(25)29-21(19-5-4-10-26-19)30-12-15-32-16-13-30/h4-10,25-26H,11-16H2,1-3H3,(H2,27,28,34). The number of hydrogen-bond donors (Lipinski definition) is 4. The summed E-state index contributed by atoms with van der Waals surface area (Å²) in [4.78, 5) is 21.7. The van der Waals surface area contributed by atoms with Crippen molar-refractivity contribution in [3.63, 3.8) is 0 Å². The first-order valence-electron chi connectivity index (χ1n) is 11.2. The number of aromatic nitrogens is 1. The highest BCUT2D eigenvalue weighted by Gasteiger charge is 2.22. The molecule has 0 amide bonds. The van der Waals surface area contributed by atoms with Gasteiger partial charge in [0.2, 0.25) is 0 Å². The summed E-state index contributed by atoms with van der Waals surface area (Å²) in [5.74, 6) is 0.656. The number of H-pyrrole nitrogens is 1. The molecule has 1 fully saturated rings. The molecule has 1 aliphatic rings. The van der Waals surface area contributed by atoms with Crippen molar-refractivity contribution in [1.82, 2.24) is 15.2 Å². The molecule has 9 nitrogen and oxygen atoms in total. The van der Waals surface area contributed by atoms with E-state index in [1.165, 1.54) is 0 Å². The molecular weight excluding hydrogens is 452 g/mol. The monoisotopic (exact) mass is 484 g/mol. The number of carbonyl (C=O) groups is 1. The lowest BCUT2D eigenvalue weighted by Crippen LogP contribution is -2.41. The van der Waals surface area contributed by atoms with Crippen molar-refractivity contribution in [2.45, 2.75) is 20.8 Å². The van der Waals surface area contributed by atoms with E-state index in [1.807, 2.05) is 63.4 Å². The number of morpholine rings is 1. The van der Waals surface area contributed by atoms with Gasteiger partial charge in [0.1, 0.15) is 6.61 Å². The molecule has 10 heteroatoms. The van der Waals surface area contributed by atoms with E-state index in [0.717, 1.165) is 30.3 Å². The van der Waals surface area contributed by atoms with E-state index < -0.39 is 5.41 Å². The van der Waals surface area contributed by atoms with Gasteiger partial charge in [0.15, 0.2) is 16.8 Å². The van der Waals surface area contributed by atoms with Crippen LogP contribution in [-0.4, -0.2) is 72.1 Å². The van der Waals surface area contributed by atoms with Crippen LogP contribution in [0, 0.1) is 10.8 Å². The van der Waals surface area contributed by atoms with Crippen LogP contribution in [0.4, 0.5) is 5.69 Å². The van der Waals surface area contributed by atoms with Gasteiger partial charge in [0.05, 0.1) is 30.9 Å². The third-order valence-corrected chi connectivity index (χ3v) is 5.26. The second-order valence-electron chi connectivity index (χ2n) is 8.81. The number of ether oxygens (including phenoxy) is 2. The van der Waals surface area contributed by atoms with Crippen molar-refractivity contribution >= 4 is 40.7 Å². The second kappa shape index (κ2) is 11.8. The number of esters is 1. The summed E-state index contributed by atoms with van der Waals surface area (Å²) >= 11 is 5.30. The van der Waals surface area contributed by atoms with Crippen LogP contribution in [0.2, 0.25) is 0 Å². The second-order valence-corrected chi connectivity index (χ2v) is 9.22. The highest BCUT2D eigenvalue weighted by Crippen LogP contribution is 2.15. The van der Waals surface area contributed by atoms with Crippen molar-refractivity contribution in [3.05, 3.63) is 53.9 Å². The number of amidine groups is 2. The Kier molecular flexibility index (Phi) is 8.78. The van der Waals surface area contributed by atoms with E-state index in [9.17, 15) is 4.79 Å². The molecule has 1 aromatic heterocycles. The largest absolute Gasteiger partial charge is 0.463 e. The Morgan fingerprint density at radius 2 is 1.94 bits per heavy atom. The molecule has 182 valence electrons. The number of carbonyl (C=O) groups excluding carboxylic acids is 1. The molecule has 1 aromatic carbocycles. The number of aromatic amines is 1. The lowest BCUT2D eigenvalue weighted by atomic mass is 9.97. The number of benzene rings is 1. The number of rotatable bonds is 6. The molecule has 4 N–H and O–H groups in total. The van der Waals surface area contributed by atoms with Gasteiger partial charge in [-0.2, -0.15) is 0 Å². The van der Waals surface area contributed by atoms with Crippen LogP contribution >= 0.6 is 12.2 Å². The van der Waals surface area contributed by atoms with Crippen molar-refractivity contribution in [3.8, 4) is 0 Å². The maximum atomic E-state index is 11.8. The fraction of sp³-hybridized carbons (Fsp3) is 0.417. The minimum atomic E-state index is -0.525. The van der Waals surface area contributed by atoms with Crippen LogP contribution in [0.1, 0.15) is 32.0 Å². The smallest absolute Gasteiger partial charge is 0.311 e. The van der Waals surface area contributed by atoms with Gasteiger partial charge in [-0.1, -0.05) is 0 Å². The van der Waals surface area contributed by atoms with Crippen molar-refractivity contribution < 1.29 is 14.3 Å². The Morgan fingerprint density at radius 1 is 1.24 bits per heavy atom. The molecular formula is C24H32N6O3S. The fourth-order valence-corrected chi connectivity index (χ4v) is 3.35. The molecule has 1 aliphatic heterocycles. The molecule has 0 spiro atoms. The first-order valence-corrected chi connectivity index (χ1v) is 11.6. The molecule has 2 aromatic rings. The van der Waals surface area contributed by atoms with Crippen molar-refractivity contribution in [2.75, 3.05) is 44.8 Å². The summed E-state index contributed by atoms with van der Waals surface area (Å²) in [6.07, 6.45) is 1.85. The first kappa shape index (κ1) is 25.4. The van der Waals surface area contributed by atoms with Crippen molar-refractivity contribution in [2.24, 2.45) is 10.4 Å². The van der Waals surface area contributed by atoms with E-state index in [2.05, 4.69) is 25.5 Å². The summed E-state index contributed by atoms with van der Waals surface area (Å²) in [6, 6.07) is 11.2. The van der Waals surface area contributed by atoms with E-state index in [0.29, 0.717) is 30.4 Å². The summed E-state index contributed by atoms with van der Waals surface area (Å²) < 4.78 is 10.7. The number of nitrogens with zero attached hydrogens (tertiary/aromatic N) is 2. The Balaban J connectivity index is 1.55. The predicted molar refractivity (Wildman–Crippen MR) is 138 cm³/mol. The molecule has 1 saturated heterocycles. The molecule has 0 bridgehead atoms. The van der Waals surface area contributed by atoms with Gasteiger partial charge in [0.25, 0.3) is 0 Å². The molecule has 0 saturated carbocycles. The van der Waals surface area contributed by atoms with Crippen molar-refractivity contribution in [1.29, 1.82) is 5.41 Å². The lowest BCUT2D eigenvalue weighted by Gasteiger charge is -2.29. The lowest BCUT2D eigenvalue weighted by molar-refractivity contribution is -0.152. The van der Waals surface area contributed by atoms with Gasteiger partial charge in [-0.25, -0.2) is 4.99 Å². The van der Waals surface area contributed by atoms with Gasteiger partial charge in [-0.3, -0.25) is 10.2 Å². The molecule has 2 heterocycles. The van der Waals surface area contributed by atoms with Crippen LogP contribution in [0.3, 0.4) is 0 Å². The maximum Gasteiger partial charge on any atom is 0.311 e. The van der Waals surface area contributed by atoms with Gasteiger partial charge in [0, 0.05) is 30.5 Å². The molecule has 0 radical (unpaired) electrons. The number of aliphatic imine (C=N–C) groups is 1. The average Bonchev–Trinajstić information content (AvgIpc) is 3.35. The quantitative estimate of drug-likeness (QED) is 0.164. The summed E-state index contributed by atoms with van der Waals surface area (Å²) in [6.45, 7) is 8.82. The molecule has 3 rings (SSSR count). The number of anilines is 1. The fourth-order valence-electron chi connectivity index (χ4n) is 3.13. The molecule has 0 atom stereocenters. The number of hydrogen-bond acceptors (Lipinski definition) is 5. The Morgan fingerprint density at radius 3 is 2.56 bits per heavy atom. The van der Waals surface area contributed by atoms with Gasteiger partial charge < -0.3 is 30.0 Å². The van der Waals surface area contributed by atoms with E-state index in [4.69, 9.17) is 27.1 Å². The van der Waals surface area contributed by atoms with Crippen LogP contribution in [-0.2, 0) is 14.3 Å². The molecule has 0 aliphatic carbocycles. The minimum Gasteiger partial charge on any atom is -0.463 e. The Bertz CT molecular complexity index is 1010. The third-order valence-electron chi connectivity index (χ3n) is 5.02. The third kappa shape index (κ3) is 7.39. The predicted octanol–water partition coefficient (Wildman–Crippen LogP) is 2.99. The SMILES string of the molecule is CC(C)(C)C(=O)OCCNC(=S)Nc1ccc(C(=N)N=C(c2ccc[nH]2)N2CCOCC2)cc1. The highest BCUT2D eigenvalue weighted by atomic mass is 32.1. The average molecular weight is 485 g/mol. The van der Waals surface area contributed by atoms with Crippen LogP contribution in [0.5, 0.6) is 0 Å². The maximum absolute atomic E-state index is 11.8. The zero-order valence-corrected chi connectivity index (χ0v) is 20.6. The first-order chi connectivity index (χ1) is 16.2. The normalized spacial score (nSPS) is 14.4. The zero-order valence-electron chi connectivity index (χ0n) is 19.8. The van der Waals surface area contributed by atoms with E-state index >= 15 is 0 Å². The highest BCUT2D eigenvalue weighted by molar-refractivity contribution is 7.80. The Labute approximate surface area is 205 Å². The minimum absolute atomic E-state index is 0.170. The van der Waals surface area contributed by atoms with Crippen LogP contribution in [0.15, 0.2) is 47.6 Å².